The highest BCUT2D eigenvalue weighted by Gasteiger charge is 2.60. The average Bonchev–Trinajstić information content (AvgIpc) is 3.33. The van der Waals surface area contributed by atoms with Crippen molar-refractivity contribution in [2.75, 3.05) is 36.0 Å². The lowest BCUT2D eigenvalue weighted by Crippen LogP contribution is -2.49. The monoisotopic (exact) mass is 668 g/mol. The summed E-state index contributed by atoms with van der Waals surface area (Å²) in [5.74, 6) is -0.282. The quantitative estimate of drug-likeness (QED) is 0.225. The van der Waals surface area contributed by atoms with Crippen molar-refractivity contribution in [1.82, 2.24) is 0 Å². The van der Waals surface area contributed by atoms with Gasteiger partial charge in [-0.2, -0.15) is 0 Å². The Morgan fingerprint density at radius 2 is 1.23 bits per heavy atom. The number of carbonyl (C=O) groups is 1. The number of hydrogen-bond donors (Lipinski definition) is 0. The van der Waals surface area contributed by atoms with E-state index in [1.807, 2.05) is 6.07 Å². The molecule has 44 heavy (non-hydrogen) atoms. The molecule has 3 aromatic carbocycles. The van der Waals surface area contributed by atoms with E-state index in [2.05, 4.69) is 43.9 Å². The van der Waals surface area contributed by atoms with Gasteiger partial charge in [-0.05, 0) is 122 Å². The number of fused-ring (bicyclic) bond motifs is 10. The van der Waals surface area contributed by atoms with E-state index in [9.17, 15) is 4.79 Å². The van der Waals surface area contributed by atoms with Crippen LogP contribution in [0.5, 0.6) is 0 Å². The van der Waals surface area contributed by atoms with Gasteiger partial charge in [-0.3, -0.25) is 0 Å². The molecule has 0 N–H and O–H groups in total. The summed E-state index contributed by atoms with van der Waals surface area (Å²) in [5, 5.41) is 0.480. The minimum Gasteiger partial charge on any atom is -0.441 e. The van der Waals surface area contributed by atoms with E-state index in [4.69, 9.17) is 16.3 Å². The van der Waals surface area contributed by atoms with Gasteiger partial charge in [0.2, 0.25) is 0 Å². The number of aryl methyl sites for hydroxylation is 2. The molecule has 5 heterocycles. The molecule has 0 radical (unpaired) electrons. The highest BCUT2D eigenvalue weighted by atomic mass is 79.9. The Labute approximate surface area is 273 Å². The SMILES string of the molecule is O=C1OC2(c3cc(Br)cc(Cl)c31)c1cc3c4c(c1C1(CCCCC1)c1c2cc2c5c1CCCN5CCC2)CCCN4CCC3. The normalized spacial score (nSPS) is 23.1. The van der Waals surface area contributed by atoms with E-state index in [1.165, 1.54) is 103 Å². The van der Waals surface area contributed by atoms with E-state index in [1.54, 1.807) is 11.1 Å². The van der Waals surface area contributed by atoms with Crippen LogP contribution in [-0.4, -0.2) is 32.1 Å². The third-order valence-corrected chi connectivity index (χ3v) is 13.1. The van der Waals surface area contributed by atoms with Gasteiger partial charge in [0.25, 0.3) is 0 Å². The summed E-state index contributed by atoms with van der Waals surface area (Å²) < 4.78 is 7.88. The summed E-state index contributed by atoms with van der Waals surface area (Å²) in [7, 11) is 0. The lowest BCUT2D eigenvalue weighted by atomic mass is 9.52. The lowest BCUT2D eigenvalue weighted by molar-refractivity contribution is 0.0223. The van der Waals surface area contributed by atoms with Gasteiger partial charge in [0, 0.05) is 64.1 Å². The van der Waals surface area contributed by atoms with Crippen molar-refractivity contribution < 1.29 is 9.53 Å². The second-order valence-corrected chi connectivity index (χ2v) is 15.8. The summed E-state index contributed by atoms with van der Waals surface area (Å²) in [6, 6.07) is 9.03. The molecule has 1 fully saturated rings. The van der Waals surface area contributed by atoms with Crippen LogP contribution in [0, 0.1) is 0 Å². The molecule has 0 atom stereocenters. The molecule has 1 saturated carbocycles. The molecule has 2 spiro atoms. The molecular weight excluding hydrogens is 632 g/mol. The number of carbonyl (C=O) groups excluding carboxylic acids is 1. The van der Waals surface area contributed by atoms with Gasteiger partial charge in [0.15, 0.2) is 5.60 Å². The van der Waals surface area contributed by atoms with Crippen LogP contribution in [0.1, 0.15) is 118 Å². The van der Waals surface area contributed by atoms with Crippen LogP contribution in [0.2, 0.25) is 5.02 Å². The summed E-state index contributed by atoms with van der Waals surface area (Å²) in [6.07, 6.45) is 15.3. The van der Waals surface area contributed by atoms with Gasteiger partial charge in [0.1, 0.15) is 0 Å². The fourth-order valence-electron chi connectivity index (χ4n) is 11.0. The van der Waals surface area contributed by atoms with E-state index < -0.39 is 5.60 Å². The Bertz CT molecular complexity index is 1720. The molecule has 226 valence electrons. The van der Waals surface area contributed by atoms with Crippen molar-refractivity contribution in [3.05, 3.63) is 89.4 Å². The highest BCUT2D eigenvalue weighted by molar-refractivity contribution is 9.10. The zero-order valence-electron chi connectivity index (χ0n) is 25.3. The molecule has 3 aromatic rings. The van der Waals surface area contributed by atoms with E-state index in [-0.39, 0.29) is 11.4 Å². The van der Waals surface area contributed by atoms with Gasteiger partial charge >= 0.3 is 5.97 Å². The number of rotatable bonds is 0. The van der Waals surface area contributed by atoms with Crippen molar-refractivity contribution in [3.63, 3.8) is 0 Å². The molecule has 0 amide bonds. The van der Waals surface area contributed by atoms with Crippen LogP contribution in [0.4, 0.5) is 11.4 Å². The maximum absolute atomic E-state index is 14.1. The van der Waals surface area contributed by atoms with Gasteiger partial charge in [-0.25, -0.2) is 4.79 Å². The zero-order valence-corrected chi connectivity index (χ0v) is 27.6. The van der Waals surface area contributed by atoms with Gasteiger partial charge < -0.3 is 14.5 Å². The Hall–Kier alpha value is -2.50. The van der Waals surface area contributed by atoms with E-state index in [0.29, 0.717) is 10.6 Å². The maximum atomic E-state index is 14.1. The summed E-state index contributed by atoms with van der Waals surface area (Å²) >= 11 is 10.7. The third-order valence-electron chi connectivity index (χ3n) is 12.4. The summed E-state index contributed by atoms with van der Waals surface area (Å²) in [6.45, 7) is 4.62. The maximum Gasteiger partial charge on any atom is 0.341 e. The summed E-state index contributed by atoms with van der Waals surface area (Å²) in [4.78, 5) is 19.5. The number of nitrogens with zero attached hydrogens (tertiary/aromatic N) is 2. The fraction of sp³-hybridized carbons (Fsp3) is 0.500. The van der Waals surface area contributed by atoms with Gasteiger partial charge in [-0.1, -0.05) is 46.8 Å². The Morgan fingerprint density at radius 3 is 1.80 bits per heavy atom. The van der Waals surface area contributed by atoms with Gasteiger partial charge in [0.05, 0.1) is 10.6 Å². The molecule has 5 aliphatic heterocycles. The second kappa shape index (κ2) is 9.28. The first-order valence-corrected chi connectivity index (χ1v) is 18.3. The van der Waals surface area contributed by atoms with Crippen molar-refractivity contribution in [2.24, 2.45) is 0 Å². The van der Waals surface area contributed by atoms with Crippen molar-refractivity contribution in [2.45, 2.75) is 94.5 Å². The van der Waals surface area contributed by atoms with Crippen molar-refractivity contribution in [3.8, 4) is 0 Å². The van der Waals surface area contributed by atoms with Crippen LogP contribution in [0.25, 0.3) is 0 Å². The predicted molar refractivity (Wildman–Crippen MR) is 179 cm³/mol. The highest BCUT2D eigenvalue weighted by Crippen LogP contribution is 2.65. The zero-order chi connectivity index (χ0) is 29.4. The van der Waals surface area contributed by atoms with Crippen LogP contribution >= 0.6 is 27.5 Å². The second-order valence-electron chi connectivity index (χ2n) is 14.5. The summed E-state index contributed by atoms with van der Waals surface area (Å²) in [5.41, 5.74) is 15.1. The topological polar surface area (TPSA) is 32.8 Å². The number of halogens is 2. The number of benzene rings is 3. The molecule has 0 unspecified atom stereocenters. The lowest BCUT2D eigenvalue weighted by Gasteiger charge is -2.54. The predicted octanol–water partition coefficient (Wildman–Crippen LogP) is 8.53. The van der Waals surface area contributed by atoms with Crippen LogP contribution in [0.15, 0.2) is 28.7 Å². The van der Waals surface area contributed by atoms with Gasteiger partial charge in [-0.15, -0.1) is 0 Å². The molecule has 2 aliphatic carbocycles. The van der Waals surface area contributed by atoms with Crippen molar-refractivity contribution >= 4 is 44.9 Å². The Kier molecular flexibility index (Phi) is 5.63. The molecule has 7 aliphatic rings. The molecule has 10 rings (SSSR count). The minimum atomic E-state index is -0.982. The minimum absolute atomic E-state index is 0.0468. The molecular formula is C38H38BrClN2O2. The molecule has 0 saturated heterocycles. The van der Waals surface area contributed by atoms with E-state index >= 15 is 0 Å². The first-order valence-electron chi connectivity index (χ1n) is 17.1. The number of anilines is 2. The van der Waals surface area contributed by atoms with Crippen LogP contribution in [0.3, 0.4) is 0 Å². The standard InChI is InChI=1S/C38H38BrClN2O2/c39-24-20-27-31(30(40)21-24)36(43)44-38(27)28-18-22-8-4-14-41-16-6-10-25(34(22)41)32(28)37(12-2-1-3-13-37)33-26-11-7-17-42-15-5-9-23(35(26)42)19-29(33)38/h18-21H,1-17H2. The molecule has 0 bridgehead atoms. The fourth-order valence-corrected chi connectivity index (χ4v) is 11.9. The Morgan fingerprint density at radius 1 is 0.682 bits per heavy atom. The number of esters is 1. The van der Waals surface area contributed by atoms with E-state index in [0.717, 1.165) is 61.9 Å². The molecule has 6 heteroatoms. The average molecular weight is 670 g/mol. The number of hydrogen-bond acceptors (Lipinski definition) is 4. The number of ether oxygens (including phenoxy) is 1. The molecule has 4 nitrogen and oxygen atoms in total. The van der Waals surface area contributed by atoms with Crippen molar-refractivity contribution in [1.29, 1.82) is 0 Å². The van der Waals surface area contributed by atoms with Crippen LogP contribution < -0.4 is 9.80 Å². The molecule has 0 aromatic heterocycles. The smallest absolute Gasteiger partial charge is 0.341 e. The third kappa shape index (κ3) is 3.24. The first kappa shape index (κ1) is 26.7. The first-order chi connectivity index (χ1) is 21.5. The largest absolute Gasteiger partial charge is 0.441 e. The Balaban J connectivity index is 1.41. The van der Waals surface area contributed by atoms with Crippen LogP contribution in [-0.2, 0) is 41.4 Å².